The van der Waals surface area contributed by atoms with E-state index in [4.69, 9.17) is 4.74 Å². The Kier molecular flexibility index (Phi) is 6.91. The van der Waals surface area contributed by atoms with Gasteiger partial charge in [0.2, 0.25) is 0 Å². The molecule has 0 aliphatic carbocycles. The van der Waals surface area contributed by atoms with E-state index in [2.05, 4.69) is 5.32 Å². The molecule has 0 atom stereocenters. The van der Waals surface area contributed by atoms with Gasteiger partial charge in [-0.05, 0) is 30.5 Å². The molecule has 25 heavy (non-hydrogen) atoms. The Bertz CT molecular complexity index is 719. The number of rotatable bonds is 9. The van der Waals surface area contributed by atoms with E-state index >= 15 is 0 Å². The van der Waals surface area contributed by atoms with Gasteiger partial charge in [0.05, 0.1) is 18.1 Å². The van der Waals surface area contributed by atoms with Crippen LogP contribution in [0.2, 0.25) is 0 Å². The monoisotopic (exact) mass is 363 g/mol. The summed E-state index contributed by atoms with van der Waals surface area (Å²) < 4.78 is 4.93. The van der Waals surface area contributed by atoms with Crippen molar-refractivity contribution in [1.82, 2.24) is 4.90 Å². The van der Waals surface area contributed by atoms with Crippen molar-refractivity contribution >= 4 is 28.6 Å². The molecule has 2 rings (SSSR count). The highest BCUT2D eigenvalue weighted by molar-refractivity contribution is 7.09. The van der Waals surface area contributed by atoms with Gasteiger partial charge in [-0.3, -0.25) is 14.9 Å². The third-order valence-corrected chi connectivity index (χ3v) is 4.52. The summed E-state index contributed by atoms with van der Waals surface area (Å²) >= 11 is 1.58. The largest absolute Gasteiger partial charge is 0.383 e. The van der Waals surface area contributed by atoms with E-state index in [0.29, 0.717) is 37.5 Å². The fraction of sp³-hybridized carbons (Fsp3) is 0.353. The smallest absolute Gasteiger partial charge is 0.293 e. The van der Waals surface area contributed by atoms with Crippen LogP contribution in [0.4, 0.5) is 11.4 Å². The standard InChI is InChI=1S/C17H21N3O4S/c1-3-19(12-14-5-4-10-25-14)17(21)13-6-7-15(18-8-9-24-2)16(11-13)20(22)23/h4-7,10-11,18H,3,8-9,12H2,1-2H3. The molecule has 0 radical (unpaired) electrons. The van der Waals surface area contributed by atoms with Crippen LogP contribution in [0, 0.1) is 10.1 Å². The number of carbonyl (C=O) groups excluding carboxylic acids is 1. The Labute approximate surface area is 150 Å². The SMILES string of the molecule is CCN(Cc1cccs1)C(=O)c1ccc(NCCOC)c([N+](=O)[O-])c1. The van der Waals surface area contributed by atoms with Gasteiger partial charge in [0.1, 0.15) is 5.69 Å². The second-order valence-corrected chi connectivity index (χ2v) is 6.34. The molecule has 0 saturated carbocycles. The van der Waals surface area contributed by atoms with Crippen LogP contribution in [0.3, 0.4) is 0 Å². The lowest BCUT2D eigenvalue weighted by Crippen LogP contribution is -2.30. The lowest BCUT2D eigenvalue weighted by Gasteiger charge is -2.20. The molecule has 8 heteroatoms. The minimum atomic E-state index is -0.485. The molecule has 7 nitrogen and oxygen atoms in total. The van der Waals surface area contributed by atoms with Crippen molar-refractivity contribution in [3.8, 4) is 0 Å². The molecule has 1 N–H and O–H groups in total. The minimum absolute atomic E-state index is 0.117. The normalized spacial score (nSPS) is 10.5. The maximum absolute atomic E-state index is 12.7. The molecular weight excluding hydrogens is 342 g/mol. The highest BCUT2D eigenvalue weighted by Crippen LogP contribution is 2.26. The van der Waals surface area contributed by atoms with E-state index in [1.54, 1.807) is 35.5 Å². The van der Waals surface area contributed by atoms with Crippen molar-refractivity contribution in [1.29, 1.82) is 0 Å². The molecule has 1 amide bonds. The Hall–Kier alpha value is -2.45. The fourth-order valence-electron chi connectivity index (χ4n) is 2.35. The zero-order valence-corrected chi connectivity index (χ0v) is 15.0. The van der Waals surface area contributed by atoms with Crippen LogP contribution in [0.25, 0.3) is 0 Å². The molecular formula is C17H21N3O4S. The quantitative estimate of drug-likeness (QED) is 0.419. The molecule has 0 saturated heterocycles. The molecule has 1 aromatic carbocycles. The van der Waals surface area contributed by atoms with Crippen LogP contribution in [-0.2, 0) is 11.3 Å². The van der Waals surface area contributed by atoms with Gasteiger partial charge >= 0.3 is 0 Å². The van der Waals surface area contributed by atoms with E-state index < -0.39 is 4.92 Å². The topological polar surface area (TPSA) is 84.7 Å². The van der Waals surface area contributed by atoms with Crippen LogP contribution in [0.5, 0.6) is 0 Å². The minimum Gasteiger partial charge on any atom is -0.383 e. The number of anilines is 1. The van der Waals surface area contributed by atoms with Gasteiger partial charge < -0.3 is 15.0 Å². The summed E-state index contributed by atoms with van der Waals surface area (Å²) in [5, 5.41) is 16.2. The lowest BCUT2D eigenvalue weighted by atomic mass is 10.1. The molecule has 0 aliphatic heterocycles. The van der Waals surface area contributed by atoms with Crippen molar-refractivity contribution < 1.29 is 14.5 Å². The number of nitro groups is 1. The molecule has 0 aliphatic rings. The Balaban J connectivity index is 2.20. The van der Waals surface area contributed by atoms with Gasteiger partial charge in [0, 0.05) is 36.7 Å². The van der Waals surface area contributed by atoms with Crippen LogP contribution < -0.4 is 5.32 Å². The van der Waals surface area contributed by atoms with Crippen molar-refractivity contribution in [2.24, 2.45) is 0 Å². The van der Waals surface area contributed by atoms with Gasteiger partial charge in [-0.25, -0.2) is 0 Å². The van der Waals surface area contributed by atoms with Gasteiger partial charge in [0.15, 0.2) is 0 Å². The number of thiophene rings is 1. The first-order valence-corrected chi connectivity index (χ1v) is 8.77. The molecule has 0 unspecified atom stereocenters. The first-order chi connectivity index (χ1) is 12.1. The predicted molar refractivity (Wildman–Crippen MR) is 98.2 cm³/mol. The number of nitrogens with one attached hydrogen (secondary N) is 1. The number of hydrogen-bond donors (Lipinski definition) is 1. The zero-order valence-electron chi connectivity index (χ0n) is 14.2. The first-order valence-electron chi connectivity index (χ1n) is 7.89. The Morgan fingerprint density at radius 3 is 2.80 bits per heavy atom. The molecule has 1 heterocycles. The average Bonchev–Trinajstić information content (AvgIpc) is 3.12. The summed E-state index contributed by atoms with van der Waals surface area (Å²) in [6.07, 6.45) is 0. The second-order valence-electron chi connectivity index (χ2n) is 5.31. The fourth-order valence-corrected chi connectivity index (χ4v) is 3.07. The third kappa shape index (κ3) is 5.01. The molecule has 0 fully saturated rings. The van der Waals surface area contributed by atoms with Crippen molar-refractivity contribution in [3.63, 3.8) is 0 Å². The lowest BCUT2D eigenvalue weighted by molar-refractivity contribution is -0.384. The Morgan fingerprint density at radius 2 is 2.20 bits per heavy atom. The zero-order chi connectivity index (χ0) is 18.2. The maximum atomic E-state index is 12.7. The number of amides is 1. The molecule has 0 spiro atoms. The van der Waals surface area contributed by atoms with Crippen LogP contribution in [0.1, 0.15) is 22.2 Å². The summed E-state index contributed by atoms with van der Waals surface area (Å²) in [6, 6.07) is 8.41. The summed E-state index contributed by atoms with van der Waals surface area (Å²) in [7, 11) is 1.56. The molecule has 2 aromatic rings. The number of methoxy groups -OCH3 is 1. The van der Waals surface area contributed by atoms with Crippen LogP contribution in [-0.4, -0.2) is 42.5 Å². The number of nitrogens with zero attached hydrogens (tertiary/aromatic N) is 2. The van der Waals surface area contributed by atoms with E-state index in [1.807, 2.05) is 24.4 Å². The van der Waals surface area contributed by atoms with E-state index in [0.717, 1.165) is 4.88 Å². The summed E-state index contributed by atoms with van der Waals surface area (Å²) in [5.41, 5.74) is 0.566. The number of ether oxygens (including phenoxy) is 1. The maximum Gasteiger partial charge on any atom is 0.293 e. The van der Waals surface area contributed by atoms with E-state index in [1.165, 1.54) is 6.07 Å². The highest BCUT2D eigenvalue weighted by atomic mass is 32.1. The first kappa shape index (κ1) is 18.9. The number of benzene rings is 1. The molecule has 1 aromatic heterocycles. The summed E-state index contributed by atoms with van der Waals surface area (Å²) in [5.74, 6) is -0.220. The van der Waals surface area contributed by atoms with Gasteiger partial charge in [-0.15, -0.1) is 11.3 Å². The number of nitro benzene ring substituents is 1. The highest BCUT2D eigenvalue weighted by Gasteiger charge is 2.20. The van der Waals surface area contributed by atoms with Gasteiger partial charge in [-0.2, -0.15) is 0 Å². The van der Waals surface area contributed by atoms with Crippen LogP contribution >= 0.6 is 11.3 Å². The third-order valence-electron chi connectivity index (χ3n) is 3.66. The van der Waals surface area contributed by atoms with Gasteiger partial charge in [0.25, 0.3) is 11.6 Å². The number of carbonyl (C=O) groups is 1. The van der Waals surface area contributed by atoms with Crippen molar-refractivity contribution in [3.05, 3.63) is 56.3 Å². The molecule has 134 valence electrons. The summed E-state index contributed by atoms with van der Waals surface area (Å²) in [4.78, 5) is 26.3. The van der Waals surface area contributed by atoms with E-state index in [-0.39, 0.29) is 11.6 Å². The second kappa shape index (κ2) is 9.14. The molecule has 0 bridgehead atoms. The number of hydrogen-bond acceptors (Lipinski definition) is 6. The average molecular weight is 363 g/mol. The summed E-state index contributed by atoms with van der Waals surface area (Å²) in [6.45, 7) is 3.79. The van der Waals surface area contributed by atoms with E-state index in [9.17, 15) is 14.9 Å². The Morgan fingerprint density at radius 1 is 1.40 bits per heavy atom. The predicted octanol–water partition coefficient (Wildman–Crippen LogP) is 3.38. The van der Waals surface area contributed by atoms with Gasteiger partial charge in [-0.1, -0.05) is 6.07 Å². The van der Waals surface area contributed by atoms with Crippen molar-refractivity contribution in [2.45, 2.75) is 13.5 Å². The van der Waals surface area contributed by atoms with Crippen molar-refractivity contribution in [2.75, 3.05) is 32.1 Å². The van der Waals surface area contributed by atoms with Crippen LogP contribution in [0.15, 0.2) is 35.7 Å².